The molecule has 3 rings (SSSR count). The van der Waals surface area contributed by atoms with Crippen molar-refractivity contribution in [1.29, 1.82) is 0 Å². The SMILES string of the molecule is CCCn1cc(CN2CCO[C@@](CO)(Cc3ccccc3F)C2)cn1. The zero-order valence-corrected chi connectivity index (χ0v) is 14.7. The molecule has 1 saturated heterocycles. The number of aliphatic hydroxyl groups excluding tert-OH is 1. The van der Waals surface area contributed by atoms with Crippen LogP contribution in [0.1, 0.15) is 24.5 Å². The van der Waals surface area contributed by atoms with Crippen LogP contribution in [-0.2, 0) is 24.2 Å². The largest absolute Gasteiger partial charge is 0.393 e. The molecule has 0 amide bonds. The predicted octanol–water partition coefficient (Wildman–Crippen LogP) is 2.24. The lowest BCUT2D eigenvalue weighted by Gasteiger charge is -2.42. The lowest BCUT2D eigenvalue weighted by atomic mass is 9.92. The van der Waals surface area contributed by atoms with Gasteiger partial charge < -0.3 is 9.84 Å². The Morgan fingerprint density at radius 1 is 1.36 bits per heavy atom. The maximum atomic E-state index is 14.0. The van der Waals surface area contributed by atoms with E-state index in [2.05, 4.69) is 23.1 Å². The molecule has 1 aromatic heterocycles. The van der Waals surface area contributed by atoms with Crippen LogP contribution >= 0.6 is 0 Å². The Hall–Kier alpha value is -1.76. The van der Waals surface area contributed by atoms with Crippen LogP contribution in [0.2, 0.25) is 0 Å². The molecular weight excluding hydrogens is 321 g/mol. The highest BCUT2D eigenvalue weighted by atomic mass is 19.1. The predicted molar refractivity (Wildman–Crippen MR) is 93.7 cm³/mol. The van der Waals surface area contributed by atoms with E-state index in [1.807, 2.05) is 16.9 Å². The van der Waals surface area contributed by atoms with E-state index in [1.54, 1.807) is 12.1 Å². The molecule has 1 aromatic carbocycles. The summed E-state index contributed by atoms with van der Waals surface area (Å²) in [5.74, 6) is -0.253. The first-order chi connectivity index (χ1) is 12.1. The van der Waals surface area contributed by atoms with Gasteiger partial charge in [0.1, 0.15) is 11.4 Å². The Bertz CT molecular complexity index is 691. The van der Waals surface area contributed by atoms with Crippen LogP contribution < -0.4 is 0 Å². The first-order valence-corrected chi connectivity index (χ1v) is 8.86. The van der Waals surface area contributed by atoms with E-state index in [1.165, 1.54) is 6.07 Å². The number of morpholine rings is 1. The molecule has 0 unspecified atom stereocenters. The van der Waals surface area contributed by atoms with Gasteiger partial charge >= 0.3 is 0 Å². The molecule has 136 valence electrons. The summed E-state index contributed by atoms with van der Waals surface area (Å²) in [6.07, 6.45) is 5.37. The van der Waals surface area contributed by atoms with Crippen molar-refractivity contribution in [2.45, 2.75) is 38.5 Å². The molecule has 0 aliphatic carbocycles. The van der Waals surface area contributed by atoms with Gasteiger partial charge in [0.2, 0.25) is 0 Å². The van der Waals surface area contributed by atoms with Gasteiger partial charge in [-0.05, 0) is 18.1 Å². The van der Waals surface area contributed by atoms with Crippen molar-refractivity contribution in [3.8, 4) is 0 Å². The smallest absolute Gasteiger partial charge is 0.126 e. The number of rotatable bonds is 7. The normalized spacial score (nSPS) is 21.6. The summed E-state index contributed by atoms with van der Waals surface area (Å²) in [7, 11) is 0. The first kappa shape index (κ1) is 18.0. The molecule has 0 bridgehead atoms. The fraction of sp³-hybridized carbons (Fsp3) is 0.526. The first-order valence-electron chi connectivity index (χ1n) is 8.86. The van der Waals surface area contributed by atoms with Crippen molar-refractivity contribution in [1.82, 2.24) is 14.7 Å². The lowest BCUT2D eigenvalue weighted by molar-refractivity contribution is -0.134. The summed E-state index contributed by atoms with van der Waals surface area (Å²) in [5.41, 5.74) is 0.960. The lowest BCUT2D eigenvalue weighted by Crippen LogP contribution is -2.55. The molecule has 2 heterocycles. The van der Waals surface area contributed by atoms with Crippen LogP contribution in [0.4, 0.5) is 4.39 Å². The van der Waals surface area contributed by atoms with Crippen molar-refractivity contribution in [2.24, 2.45) is 0 Å². The molecule has 2 aromatic rings. The second kappa shape index (κ2) is 8.08. The highest BCUT2D eigenvalue weighted by Gasteiger charge is 2.37. The second-order valence-electron chi connectivity index (χ2n) is 6.78. The van der Waals surface area contributed by atoms with E-state index in [0.717, 1.165) is 31.6 Å². The maximum absolute atomic E-state index is 14.0. The molecular formula is C19H26FN3O2. The van der Waals surface area contributed by atoms with Crippen LogP contribution in [0.3, 0.4) is 0 Å². The van der Waals surface area contributed by atoms with Gasteiger partial charge in [-0.2, -0.15) is 5.10 Å². The Morgan fingerprint density at radius 3 is 2.96 bits per heavy atom. The van der Waals surface area contributed by atoms with E-state index in [9.17, 15) is 9.50 Å². The van der Waals surface area contributed by atoms with Gasteiger partial charge in [0.25, 0.3) is 0 Å². The van der Waals surface area contributed by atoms with Gasteiger partial charge in [-0.15, -0.1) is 0 Å². The van der Waals surface area contributed by atoms with Crippen LogP contribution in [0.5, 0.6) is 0 Å². The summed E-state index contributed by atoms with van der Waals surface area (Å²) < 4.78 is 21.9. The topological polar surface area (TPSA) is 50.5 Å². The second-order valence-corrected chi connectivity index (χ2v) is 6.78. The fourth-order valence-electron chi connectivity index (χ4n) is 3.40. The molecule has 1 N–H and O–H groups in total. The number of benzene rings is 1. The number of hydrogen-bond donors (Lipinski definition) is 1. The van der Waals surface area contributed by atoms with E-state index >= 15 is 0 Å². The third-order valence-corrected chi connectivity index (χ3v) is 4.63. The van der Waals surface area contributed by atoms with Crippen LogP contribution in [-0.4, -0.2) is 51.7 Å². The van der Waals surface area contributed by atoms with Crippen molar-refractivity contribution in [2.75, 3.05) is 26.3 Å². The maximum Gasteiger partial charge on any atom is 0.126 e. The van der Waals surface area contributed by atoms with Crippen LogP contribution in [0, 0.1) is 5.82 Å². The summed E-state index contributed by atoms with van der Waals surface area (Å²) in [6, 6.07) is 6.69. The van der Waals surface area contributed by atoms with E-state index in [4.69, 9.17) is 4.74 Å². The summed E-state index contributed by atoms with van der Waals surface area (Å²) in [6.45, 7) is 5.55. The number of hydrogen-bond acceptors (Lipinski definition) is 4. The zero-order valence-electron chi connectivity index (χ0n) is 14.7. The Morgan fingerprint density at radius 2 is 2.20 bits per heavy atom. The third-order valence-electron chi connectivity index (χ3n) is 4.63. The average molecular weight is 347 g/mol. The Kier molecular flexibility index (Phi) is 5.83. The molecule has 1 atom stereocenters. The molecule has 5 nitrogen and oxygen atoms in total. The minimum absolute atomic E-state index is 0.132. The third kappa shape index (κ3) is 4.45. The Balaban J connectivity index is 1.68. The molecule has 0 radical (unpaired) electrons. The molecule has 1 aliphatic rings. The molecule has 0 saturated carbocycles. The molecule has 0 spiro atoms. The number of nitrogens with zero attached hydrogens (tertiary/aromatic N) is 3. The van der Waals surface area contributed by atoms with Crippen molar-refractivity contribution in [3.05, 3.63) is 53.6 Å². The summed E-state index contributed by atoms with van der Waals surface area (Å²) in [4.78, 5) is 2.24. The summed E-state index contributed by atoms with van der Waals surface area (Å²) in [5, 5.41) is 14.3. The standard InChI is InChI=1S/C19H26FN3O2/c1-2-7-23-13-16(11-21-23)12-22-8-9-25-19(14-22,15-24)10-17-5-3-4-6-18(17)20/h3-6,11,13,24H,2,7-10,12,14-15H2,1H3/t19-/m0/s1. The van der Waals surface area contributed by atoms with Gasteiger partial charge in [0.05, 0.1) is 19.4 Å². The van der Waals surface area contributed by atoms with Gasteiger partial charge in [-0.25, -0.2) is 4.39 Å². The van der Waals surface area contributed by atoms with Crippen LogP contribution in [0.15, 0.2) is 36.7 Å². The minimum Gasteiger partial charge on any atom is -0.393 e. The van der Waals surface area contributed by atoms with E-state index in [0.29, 0.717) is 25.1 Å². The molecule has 6 heteroatoms. The van der Waals surface area contributed by atoms with Crippen molar-refractivity contribution >= 4 is 0 Å². The monoisotopic (exact) mass is 347 g/mol. The fourth-order valence-corrected chi connectivity index (χ4v) is 3.40. The van der Waals surface area contributed by atoms with E-state index in [-0.39, 0.29) is 12.4 Å². The zero-order chi connectivity index (χ0) is 17.7. The molecule has 25 heavy (non-hydrogen) atoms. The highest BCUT2D eigenvalue weighted by Crippen LogP contribution is 2.25. The Labute approximate surface area is 148 Å². The van der Waals surface area contributed by atoms with Crippen molar-refractivity contribution in [3.63, 3.8) is 0 Å². The van der Waals surface area contributed by atoms with Crippen LogP contribution in [0.25, 0.3) is 0 Å². The highest BCUT2D eigenvalue weighted by molar-refractivity contribution is 5.20. The number of aryl methyl sites for hydroxylation is 1. The van der Waals surface area contributed by atoms with Gasteiger partial charge in [0, 0.05) is 44.4 Å². The number of aromatic nitrogens is 2. The number of aliphatic hydroxyl groups is 1. The molecule has 1 fully saturated rings. The number of halogens is 1. The minimum atomic E-state index is -0.764. The number of ether oxygens (including phenoxy) is 1. The summed E-state index contributed by atoms with van der Waals surface area (Å²) >= 11 is 0. The van der Waals surface area contributed by atoms with Gasteiger partial charge in [-0.3, -0.25) is 9.58 Å². The van der Waals surface area contributed by atoms with Crippen molar-refractivity contribution < 1.29 is 14.2 Å². The molecule has 1 aliphatic heterocycles. The quantitative estimate of drug-likeness (QED) is 0.835. The van der Waals surface area contributed by atoms with Gasteiger partial charge in [-0.1, -0.05) is 25.1 Å². The average Bonchev–Trinajstić information content (AvgIpc) is 3.05. The van der Waals surface area contributed by atoms with E-state index < -0.39 is 5.60 Å². The van der Waals surface area contributed by atoms with Gasteiger partial charge in [0.15, 0.2) is 0 Å².